The van der Waals surface area contributed by atoms with E-state index in [1.54, 1.807) is 41.1 Å². The summed E-state index contributed by atoms with van der Waals surface area (Å²) in [4.78, 5) is 49.2. The Balaban J connectivity index is 1.24. The molecule has 4 aromatic rings. The van der Waals surface area contributed by atoms with Crippen LogP contribution >= 0.6 is 0 Å². The molecule has 0 radical (unpaired) electrons. The van der Waals surface area contributed by atoms with Gasteiger partial charge in [0.2, 0.25) is 5.91 Å². The zero-order chi connectivity index (χ0) is 36.0. The van der Waals surface area contributed by atoms with Gasteiger partial charge in [0.15, 0.2) is 0 Å². The molecule has 0 spiro atoms. The molecule has 1 aromatic heterocycles. The molecule has 0 aliphatic carbocycles. The van der Waals surface area contributed by atoms with Crippen LogP contribution in [0.1, 0.15) is 64.4 Å². The third-order valence-corrected chi connectivity index (χ3v) is 9.35. The molecule has 2 fully saturated rings. The monoisotopic (exact) mass is 698 g/mol. The lowest BCUT2D eigenvalue weighted by molar-refractivity contribution is -0.137. The van der Waals surface area contributed by atoms with E-state index in [1.807, 2.05) is 30.3 Å². The maximum Gasteiger partial charge on any atom is 0.416 e. The summed E-state index contributed by atoms with van der Waals surface area (Å²) in [6, 6.07) is 21.5. The van der Waals surface area contributed by atoms with E-state index in [1.165, 1.54) is 18.6 Å². The van der Waals surface area contributed by atoms with Gasteiger partial charge in [-0.15, -0.1) is 0 Å². The topological polar surface area (TPSA) is 97.9 Å². The second kappa shape index (κ2) is 15.7. The fourth-order valence-electron chi connectivity index (χ4n) is 6.57. The van der Waals surface area contributed by atoms with E-state index in [0.29, 0.717) is 60.7 Å². The van der Waals surface area contributed by atoms with Gasteiger partial charge in [0.25, 0.3) is 11.8 Å². The number of benzene rings is 3. The Morgan fingerprint density at radius 2 is 1.53 bits per heavy atom. The van der Waals surface area contributed by atoms with E-state index in [-0.39, 0.29) is 18.4 Å². The number of amides is 3. The number of anilines is 3. The summed E-state index contributed by atoms with van der Waals surface area (Å²) in [6.45, 7) is 5.51. The predicted molar refractivity (Wildman–Crippen MR) is 191 cm³/mol. The van der Waals surface area contributed by atoms with Crippen molar-refractivity contribution >= 4 is 34.8 Å². The van der Waals surface area contributed by atoms with Gasteiger partial charge in [-0.25, -0.2) is 0 Å². The van der Waals surface area contributed by atoms with Crippen LogP contribution < -0.4 is 15.5 Å². The molecule has 9 nitrogen and oxygen atoms in total. The molecule has 3 amide bonds. The second-order valence-electron chi connectivity index (χ2n) is 12.9. The second-order valence-corrected chi connectivity index (χ2v) is 12.9. The van der Waals surface area contributed by atoms with Gasteiger partial charge in [0.1, 0.15) is 0 Å². The van der Waals surface area contributed by atoms with Crippen LogP contribution in [0.15, 0.2) is 85.1 Å². The van der Waals surface area contributed by atoms with Crippen molar-refractivity contribution in [2.24, 2.45) is 0 Å². The number of piperidine rings is 1. The number of nitrogens with one attached hydrogen (secondary N) is 2. The third-order valence-electron chi connectivity index (χ3n) is 9.35. The number of aromatic nitrogens is 1. The highest BCUT2D eigenvalue weighted by Gasteiger charge is 2.30. The number of halogens is 3. The summed E-state index contributed by atoms with van der Waals surface area (Å²) in [7, 11) is 0. The van der Waals surface area contributed by atoms with Gasteiger partial charge in [-0.2, -0.15) is 13.2 Å². The molecule has 3 aromatic carbocycles. The van der Waals surface area contributed by atoms with Crippen molar-refractivity contribution in [3.05, 3.63) is 107 Å². The van der Waals surface area contributed by atoms with E-state index in [9.17, 15) is 27.6 Å². The summed E-state index contributed by atoms with van der Waals surface area (Å²) in [5, 5.41) is 6.20. The van der Waals surface area contributed by atoms with E-state index in [0.717, 1.165) is 55.0 Å². The molecule has 266 valence electrons. The van der Waals surface area contributed by atoms with Crippen molar-refractivity contribution in [2.45, 2.75) is 45.3 Å². The molecule has 2 N–H and O–H groups in total. The number of carbonyl (C=O) groups is 3. The highest BCUT2D eigenvalue weighted by atomic mass is 19.4. The van der Waals surface area contributed by atoms with E-state index in [4.69, 9.17) is 0 Å². The zero-order valence-electron chi connectivity index (χ0n) is 28.5. The van der Waals surface area contributed by atoms with E-state index >= 15 is 0 Å². The lowest BCUT2D eigenvalue weighted by atomic mass is 10.0. The predicted octanol–water partition coefficient (Wildman–Crippen LogP) is 7.13. The first-order valence-corrected chi connectivity index (χ1v) is 17.3. The first-order valence-electron chi connectivity index (χ1n) is 17.3. The van der Waals surface area contributed by atoms with Gasteiger partial charge in [-0.3, -0.25) is 19.4 Å². The average Bonchev–Trinajstić information content (AvgIpc) is 3.41. The lowest BCUT2D eigenvalue weighted by Crippen LogP contribution is -2.36. The van der Waals surface area contributed by atoms with Crippen LogP contribution in [0, 0.1) is 0 Å². The Morgan fingerprint density at radius 3 is 2.31 bits per heavy atom. The maximum atomic E-state index is 13.5. The minimum absolute atomic E-state index is 0.00778. The quantitative estimate of drug-likeness (QED) is 0.203. The summed E-state index contributed by atoms with van der Waals surface area (Å²) in [5.74, 6) is -0.535. The molecule has 2 aliphatic heterocycles. The van der Waals surface area contributed by atoms with E-state index < -0.39 is 17.6 Å². The minimum atomic E-state index is -4.47. The van der Waals surface area contributed by atoms with Crippen LogP contribution in [-0.2, 0) is 17.5 Å². The summed E-state index contributed by atoms with van der Waals surface area (Å²) >= 11 is 0. The number of carbonyl (C=O) groups excluding carboxylic acids is 3. The molecule has 3 heterocycles. The molecular weight excluding hydrogens is 657 g/mol. The first-order chi connectivity index (χ1) is 24.5. The molecule has 0 bridgehead atoms. The molecule has 51 heavy (non-hydrogen) atoms. The van der Waals surface area contributed by atoms with Crippen molar-refractivity contribution in [1.29, 1.82) is 0 Å². The molecular formula is C39H41F3N6O3. The van der Waals surface area contributed by atoms with Crippen LogP contribution in [0.2, 0.25) is 0 Å². The number of rotatable bonds is 8. The Bertz CT molecular complexity index is 1890. The van der Waals surface area contributed by atoms with Crippen molar-refractivity contribution in [3.8, 4) is 11.3 Å². The van der Waals surface area contributed by atoms with Crippen LogP contribution in [0.25, 0.3) is 11.3 Å². The fraction of sp³-hybridized carbons (Fsp3) is 0.333. The minimum Gasteiger partial charge on any atom is -0.372 e. The molecule has 6 rings (SSSR count). The summed E-state index contributed by atoms with van der Waals surface area (Å²) in [5.41, 5.74) is 4.14. The van der Waals surface area contributed by atoms with Crippen molar-refractivity contribution < 1.29 is 27.6 Å². The molecule has 0 saturated carbocycles. The number of nitrogens with zero attached hydrogens (tertiary/aromatic N) is 4. The van der Waals surface area contributed by atoms with Gasteiger partial charge in [-0.1, -0.05) is 18.2 Å². The number of pyridine rings is 1. The van der Waals surface area contributed by atoms with Gasteiger partial charge in [0.05, 0.1) is 11.3 Å². The van der Waals surface area contributed by atoms with Gasteiger partial charge < -0.3 is 25.3 Å². The van der Waals surface area contributed by atoms with Gasteiger partial charge in [0, 0.05) is 92.7 Å². The molecule has 2 aliphatic rings. The van der Waals surface area contributed by atoms with E-state index in [2.05, 4.69) is 26.6 Å². The largest absolute Gasteiger partial charge is 0.416 e. The van der Waals surface area contributed by atoms with Gasteiger partial charge >= 0.3 is 6.18 Å². The Morgan fingerprint density at radius 1 is 0.765 bits per heavy atom. The molecule has 0 atom stereocenters. The molecule has 0 unspecified atom stereocenters. The summed E-state index contributed by atoms with van der Waals surface area (Å²) < 4.78 is 39.6. The Kier molecular flexibility index (Phi) is 10.9. The highest BCUT2D eigenvalue weighted by molar-refractivity contribution is 5.97. The zero-order valence-corrected chi connectivity index (χ0v) is 28.5. The highest BCUT2D eigenvalue weighted by Crippen LogP contribution is 2.35. The lowest BCUT2D eigenvalue weighted by Gasteiger charge is -2.29. The maximum absolute atomic E-state index is 13.5. The Labute approximate surface area is 295 Å². The standard InChI is InChI=1S/C39H41F3N6O3/c1-27(49)46-18-7-19-48(21-20-46)38(51)30-9-6-11-32(23-30)45-35-13-12-33(47-16-3-2-4-17-47)25-34(35)36-24-29(14-15-43-36)37(50)44-26-28-8-5-10-31(22-28)39(40,41)42/h5-6,8-15,22-25,45H,2-4,7,16-21,26H2,1H3,(H,44,50). The van der Waals surface area contributed by atoms with Gasteiger partial charge in [-0.05, 0) is 91.9 Å². The van der Waals surface area contributed by atoms with Crippen molar-refractivity contribution in [1.82, 2.24) is 20.1 Å². The molecule has 12 heteroatoms. The average molecular weight is 699 g/mol. The van der Waals surface area contributed by atoms with Crippen molar-refractivity contribution in [3.63, 3.8) is 0 Å². The first kappa shape index (κ1) is 35.4. The number of alkyl halides is 3. The van der Waals surface area contributed by atoms with Crippen LogP contribution in [0.3, 0.4) is 0 Å². The van der Waals surface area contributed by atoms with Crippen molar-refractivity contribution in [2.75, 3.05) is 49.5 Å². The summed E-state index contributed by atoms with van der Waals surface area (Å²) in [6.07, 6.45) is 1.16. The normalized spacial score (nSPS) is 15.3. The number of hydrogen-bond acceptors (Lipinski definition) is 6. The SMILES string of the molecule is CC(=O)N1CCCN(C(=O)c2cccc(Nc3ccc(N4CCCCC4)cc3-c3cc(C(=O)NCc4cccc(C(F)(F)F)c4)ccn3)c2)CC1. The van der Waals surface area contributed by atoms with Crippen LogP contribution in [0.4, 0.5) is 30.2 Å². The third kappa shape index (κ3) is 8.86. The Hall–Kier alpha value is -5.39. The molecule has 2 saturated heterocycles. The fourth-order valence-corrected chi connectivity index (χ4v) is 6.57. The van der Waals surface area contributed by atoms with Crippen LogP contribution in [0.5, 0.6) is 0 Å². The smallest absolute Gasteiger partial charge is 0.372 e. The number of hydrogen-bond donors (Lipinski definition) is 2. The van der Waals surface area contributed by atoms with Crippen LogP contribution in [-0.4, -0.2) is 71.8 Å².